The van der Waals surface area contributed by atoms with Gasteiger partial charge in [-0.05, 0) is 18.1 Å². The Balaban J connectivity index is 0.000000379. The lowest BCUT2D eigenvalue weighted by Gasteiger charge is -2.07. The van der Waals surface area contributed by atoms with Crippen molar-refractivity contribution in [2.45, 2.75) is 34.1 Å². The third-order valence-corrected chi connectivity index (χ3v) is 1.86. The van der Waals surface area contributed by atoms with Gasteiger partial charge in [0, 0.05) is 6.54 Å². The van der Waals surface area contributed by atoms with Crippen LogP contribution in [0.4, 0.5) is 5.69 Å². The largest absolute Gasteiger partial charge is 0.288 e. The fourth-order valence-corrected chi connectivity index (χ4v) is 1.32. The molecule has 1 heterocycles. The Labute approximate surface area is 87.1 Å². The molecule has 0 aliphatic carbocycles. The molecule has 2 rings (SSSR count). The van der Waals surface area contributed by atoms with Gasteiger partial charge in [-0.25, -0.2) is 0 Å². The highest BCUT2D eigenvalue weighted by Gasteiger charge is 2.14. The first-order valence-electron chi connectivity index (χ1n) is 5.42. The maximum atomic E-state index is 9.21. The molecule has 2 heteroatoms. The molecular formula is C12H21NO. The van der Waals surface area contributed by atoms with E-state index >= 15 is 0 Å². The Morgan fingerprint density at radius 2 is 1.64 bits per heavy atom. The number of para-hydroxylation sites is 1. The van der Waals surface area contributed by atoms with Gasteiger partial charge in [0.05, 0.1) is 5.69 Å². The van der Waals surface area contributed by atoms with Crippen molar-refractivity contribution in [2.75, 3.05) is 11.6 Å². The van der Waals surface area contributed by atoms with Crippen molar-refractivity contribution < 1.29 is 5.21 Å². The number of rotatable bonds is 0. The zero-order valence-corrected chi connectivity index (χ0v) is 9.62. The molecular weight excluding hydrogens is 174 g/mol. The van der Waals surface area contributed by atoms with Gasteiger partial charge in [0.2, 0.25) is 0 Å². The average molecular weight is 195 g/mol. The van der Waals surface area contributed by atoms with Crippen LogP contribution in [0.1, 0.15) is 33.3 Å². The minimum absolute atomic E-state index is 0.735. The molecule has 80 valence electrons. The molecule has 1 aliphatic rings. The Morgan fingerprint density at radius 3 is 2.21 bits per heavy atom. The normalized spacial score (nSPS) is 11.9. The molecule has 0 spiro atoms. The number of hydrogen-bond acceptors (Lipinski definition) is 2. The summed E-state index contributed by atoms with van der Waals surface area (Å²) in [5, 5.41) is 10.5. The summed E-state index contributed by atoms with van der Waals surface area (Å²) in [7, 11) is 0. The monoisotopic (exact) mass is 195 g/mol. The van der Waals surface area contributed by atoms with Crippen LogP contribution in [0.3, 0.4) is 0 Å². The summed E-state index contributed by atoms with van der Waals surface area (Å²) >= 11 is 0. The third kappa shape index (κ3) is 3.04. The molecule has 1 N–H and O–H groups in total. The molecule has 0 atom stereocenters. The van der Waals surface area contributed by atoms with E-state index in [2.05, 4.69) is 0 Å². The summed E-state index contributed by atoms with van der Waals surface area (Å²) in [6.07, 6.45) is 0.965. The lowest BCUT2D eigenvalue weighted by molar-refractivity contribution is 0.264. The molecule has 0 aromatic heterocycles. The standard InChI is InChI=1S/C8H9NO.2C2H6/c10-9-6-5-7-3-1-2-4-8(7)9;2*1-2/h1-4,10H,5-6H2;2*1-2H3. The smallest absolute Gasteiger partial charge is 0.0666 e. The highest BCUT2D eigenvalue weighted by molar-refractivity contribution is 5.55. The molecule has 1 aromatic carbocycles. The third-order valence-electron chi connectivity index (χ3n) is 1.86. The van der Waals surface area contributed by atoms with Crippen LogP contribution >= 0.6 is 0 Å². The molecule has 1 aromatic rings. The highest BCUT2D eigenvalue weighted by atomic mass is 16.5. The van der Waals surface area contributed by atoms with Crippen LogP contribution in [0.25, 0.3) is 0 Å². The summed E-state index contributed by atoms with van der Waals surface area (Å²) in [5.41, 5.74) is 2.20. The van der Waals surface area contributed by atoms with Crippen LogP contribution in [-0.4, -0.2) is 11.8 Å². The summed E-state index contributed by atoms with van der Waals surface area (Å²) < 4.78 is 0. The van der Waals surface area contributed by atoms with Crippen LogP contribution < -0.4 is 5.06 Å². The molecule has 0 saturated heterocycles. The van der Waals surface area contributed by atoms with Crippen molar-refractivity contribution in [3.05, 3.63) is 29.8 Å². The predicted molar refractivity (Wildman–Crippen MR) is 62.0 cm³/mol. The average Bonchev–Trinajstić information content (AvgIpc) is 2.67. The number of fused-ring (bicyclic) bond motifs is 1. The van der Waals surface area contributed by atoms with Crippen molar-refractivity contribution >= 4 is 5.69 Å². The van der Waals surface area contributed by atoms with E-state index < -0.39 is 0 Å². The van der Waals surface area contributed by atoms with Gasteiger partial charge in [0.1, 0.15) is 0 Å². The highest BCUT2D eigenvalue weighted by Crippen LogP contribution is 2.24. The van der Waals surface area contributed by atoms with E-state index in [1.165, 1.54) is 10.6 Å². The maximum Gasteiger partial charge on any atom is 0.0666 e. The van der Waals surface area contributed by atoms with Gasteiger partial charge in [-0.15, -0.1) is 0 Å². The molecule has 0 saturated carbocycles. The zero-order valence-electron chi connectivity index (χ0n) is 9.62. The van der Waals surface area contributed by atoms with E-state index in [1.807, 2.05) is 52.0 Å². The van der Waals surface area contributed by atoms with E-state index in [-0.39, 0.29) is 0 Å². The number of hydroxylamine groups is 1. The van der Waals surface area contributed by atoms with Crippen LogP contribution in [0, 0.1) is 0 Å². The fourth-order valence-electron chi connectivity index (χ4n) is 1.32. The van der Waals surface area contributed by atoms with Gasteiger partial charge >= 0.3 is 0 Å². The Morgan fingerprint density at radius 1 is 1.07 bits per heavy atom. The molecule has 2 nitrogen and oxygen atoms in total. The molecule has 0 unspecified atom stereocenters. The second kappa shape index (κ2) is 7.39. The fraction of sp³-hybridized carbons (Fsp3) is 0.500. The molecule has 14 heavy (non-hydrogen) atoms. The van der Waals surface area contributed by atoms with E-state index in [9.17, 15) is 5.21 Å². The summed E-state index contributed by atoms with van der Waals surface area (Å²) in [4.78, 5) is 0. The topological polar surface area (TPSA) is 23.5 Å². The number of benzene rings is 1. The minimum atomic E-state index is 0.735. The summed E-state index contributed by atoms with van der Waals surface area (Å²) in [5.74, 6) is 0. The first-order chi connectivity index (χ1) is 6.88. The lowest BCUT2D eigenvalue weighted by Crippen LogP contribution is -2.13. The second-order valence-corrected chi connectivity index (χ2v) is 2.50. The van der Waals surface area contributed by atoms with Crippen molar-refractivity contribution in [1.82, 2.24) is 0 Å². The van der Waals surface area contributed by atoms with E-state index in [1.54, 1.807) is 0 Å². The first-order valence-corrected chi connectivity index (χ1v) is 5.42. The van der Waals surface area contributed by atoms with E-state index in [0.717, 1.165) is 18.7 Å². The lowest BCUT2D eigenvalue weighted by atomic mass is 10.2. The number of hydrogen-bond donors (Lipinski definition) is 1. The van der Waals surface area contributed by atoms with Crippen LogP contribution in [0.15, 0.2) is 24.3 Å². The van der Waals surface area contributed by atoms with Crippen molar-refractivity contribution in [2.24, 2.45) is 0 Å². The van der Waals surface area contributed by atoms with Crippen molar-refractivity contribution in [1.29, 1.82) is 0 Å². The van der Waals surface area contributed by atoms with E-state index in [0.29, 0.717) is 0 Å². The Bertz CT molecular complexity index is 248. The van der Waals surface area contributed by atoms with Crippen LogP contribution in [-0.2, 0) is 6.42 Å². The van der Waals surface area contributed by atoms with Crippen LogP contribution in [0.2, 0.25) is 0 Å². The predicted octanol–water partition coefficient (Wildman–Crippen LogP) is 3.49. The quantitative estimate of drug-likeness (QED) is 0.685. The summed E-state index contributed by atoms with van der Waals surface area (Å²) in [6.45, 7) is 8.74. The maximum absolute atomic E-state index is 9.21. The zero-order chi connectivity index (χ0) is 11.0. The summed E-state index contributed by atoms with van der Waals surface area (Å²) in [6, 6.07) is 7.92. The first kappa shape index (κ1) is 13.0. The van der Waals surface area contributed by atoms with Crippen LogP contribution in [0.5, 0.6) is 0 Å². The molecule has 0 fully saturated rings. The minimum Gasteiger partial charge on any atom is -0.288 e. The molecule has 0 amide bonds. The molecule has 0 bridgehead atoms. The van der Waals surface area contributed by atoms with Gasteiger partial charge in [-0.3, -0.25) is 10.3 Å². The second-order valence-electron chi connectivity index (χ2n) is 2.50. The van der Waals surface area contributed by atoms with Gasteiger partial charge in [-0.1, -0.05) is 45.9 Å². The SMILES string of the molecule is CC.CC.ON1CCc2ccccc21. The van der Waals surface area contributed by atoms with Gasteiger partial charge < -0.3 is 0 Å². The number of anilines is 1. The molecule has 1 aliphatic heterocycles. The van der Waals surface area contributed by atoms with Gasteiger partial charge in [0.15, 0.2) is 0 Å². The van der Waals surface area contributed by atoms with Crippen molar-refractivity contribution in [3.63, 3.8) is 0 Å². The van der Waals surface area contributed by atoms with Gasteiger partial charge in [0.25, 0.3) is 0 Å². The Kier molecular flexibility index (Phi) is 6.85. The van der Waals surface area contributed by atoms with E-state index in [4.69, 9.17) is 0 Å². The van der Waals surface area contributed by atoms with Crippen molar-refractivity contribution in [3.8, 4) is 0 Å². The van der Waals surface area contributed by atoms with Gasteiger partial charge in [-0.2, -0.15) is 0 Å². The Hall–Kier alpha value is -1.02. The molecule has 0 radical (unpaired) electrons. The number of nitrogens with zero attached hydrogens (tertiary/aromatic N) is 1.